The molecule has 0 saturated carbocycles. The molecule has 0 aliphatic heterocycles. The molecule has 2 aromatic rings. The lowest BCUT2D eigenvalue weighted by molar-refractivity contribution is -0.122. The Morgan fingerprint density at radius 2 is 2.37 bits per heavy atom. The van der Waals surface area contributed by atoms with E-state index in [9.17, 15) is 4.79 Å². The zero-order valence-electron chi connectivity index (χ0n) is 10.5. The van der Waals surface area contributed by atoms with E-state index < -0.39 is 0 Å². The molecule has 1 aromatic heterocycles. The maximum Gasteiger partial charge on any atom is 0.242 e. The number of tetrazole rings is 1. The number of benzene rings is 1. The summed E-state index contributed by atoms with van der Waals surface area (Å²) in [7, 11) is 0. The molecule has 0 aliphatic carbocycles. The van der Waals surface area contributed by atoms with E-state index in [1.165, 1.54) is 11.0 Å². The second-order valence-corrected chi connectivity index (χ2v) is 4.75. The second kappa shape index (κ2) is 6.29. The van der Waals surface area contributed by atoms with E-state index >= 15 is 0 Å². The number of hydrogen-bond donors (Lipinski definition) is 1. The first-order chi connectivity index (χ1) is 9.13. The molecule has 1 aromatic carbocycles. The highest BCUT2D eigenvalue weighted by Gasteiger charge is 2.09. The first-order valence-electron chi connectivity index (χ1n) is 5.88. The van der Waals surface area contributed by atoms with Gasteiger partial charge in [-0.3, -0.25) is 4.79 Å². The predicted octanol–water partition coefficient (Wildman–Crippen LogP) is 1.07. The predicted molar refractivity (Wildman–Crippen MR) is 70.6 cm³/mol. The summed E-state index contributed by atoms with van der Waals surface area (Å²) in [6.07, 6.45) is 2.13. The fourth-order valence-electron chi connectivity index (χ4n) is 1.79. The SMILES string of the molecule is CC(Cc1cccc(Cl)c1)NC(=O)Cn1cnnn1. The number of hydrogen-bond acceptors (Lipinski definition) is 4. The van der Waals surface area contributed by atoms with Gasteiger partial charge in [-0.15, -0.1) is 5.10 Å². The molecule has 0 spiro atoms. The first kappa shape index (κ1) is 13.5. The molecular weight excluding hydrogens is 266 g/mol. The summed E-state index contributed by atoms with van der Waals surface area (Å²) >= 11 is 5.92. The van der Waals surface area contributed by atoms with Gasteiger partial charge in [0.15, 0.2) is 0 Å². The van der Waals surface area contributed by atoms with Crippen molar-refractivity contribution in [2.45, 2.75) is 25.9 Å². The van der Waals surface area contributed by atoms with Gasteiger partial charge in [-0.2, -0.15) is 0 Å². The number of carbonyl (C=O) groups is 1. The molecule has 1 unspecified atom stereocenters. The molecule has 1 amide bonds. The Hall–Kier alpha value is -1.95. The number of aromatic nitrogens is 4. The summed E-state index contributed by atoms with van der Waals surface area (Å²) in [4.78, 5) is 11.7. The van der Waals surface area contributed by atoms with E-state index in [4.69, 9.17) is 11.6 Å². The molecule has 100 valence electrons. The van der Waals surface area contributed by atoms with Crippen molar-refractivity contribution in [2.24, 2.45) is 0 Å². The van der Waals surface area contributed by atoms with Gasteiger partial charge in [0.05, 0.1) is 0 Å². The van der Waals surface area contributed by atoms with Gasteiger partial charge in [0.1, 0.15) is 12.9 Å². The molecule has 0 radical (unpaired) electrons. The van der Waals surface area contributed by atoms with E-state index in [0.717, 1.165) is 12.0 Å². The normalized spacial score (nSPS) is 12.1. The average Bonchev–Trinajstić information content (AvgIpc) is 2.81. The van der Waals surface area contributed by atoms with Crippen LogP contribution in [0.3, 0.4) is 0 Å². The van der Waals surface area contributed by atoms with Crippen LogP contribution in [0.15, 0.2) is 30.6 Å². The summed E-state index contributed by atoms with van der Waals surface area (Å²) in [6.45, 7) is 2.06. The van der Waals surface area contributed by atoms with Crippen LogP contribution in [0.4, 0.5) is 0 Å². The van der Waals surface area contributed by atoms with Gasteiger partial charge in [-0.1, -0.05) is 23.7 Å². The van der Waals surface area contributed by atoms with Crippen LogP contribution in [-0.4, -0.2) is 32.2 Å². The monoisotopic (exact) mass is 279 g/mol. The van der Waals surface area contributed by atoms with E-state index in [2.05, 4.69) is 20.8 Å². The molecule has 6 nitrogen and oxygen atoms in total. The minimum Gasteiger partial charge on any atom is -0.352 e. The molecule has 0 saturated heterocycles. The number of amides is 1. The first-order valence-corrected chi connectivity index (χ1v) is 6.26. The average molecular weight is 280 g/mol. The van der Waals surface area contributed by atoms with Crippen LogP contribution in [0.25, 0.3) is 0 Å². The van der Waals surface area contributed by atoms with Gasteiger partial charge >= 0.3 is 0 Å². The van der Waals surface area contributed by atoms with Crippen molar-refractivity contribution in [1.82, 2.24) is 25.5 Å². The van der Waals surface area contributed by atoms with Gasteiger partial charge in [0.25, 0.3) is 0 Å². The Labute approximate surface area is 115 Å². The lowest BCUT2D eigenvalue weighted by Gasteiger charge is -2.13. The third-order valence-electron chi connectivity index (χ3n) is 2.54. The summed E-state index contributed by atoms with van der Waals surface area (Å²) in [5.41, 5.74) is 1.09. The summed E-state index contributed by atoms with van der Waals surface area (Å²) < 4.78 is 1.38. The number of nitrogens with one attached hydrogen (secondary N) is 1. The third-order valence-corrected chi connectivity index (χ3v) is 2.77. The molecule has 0 bridgehead atoms. The maximum absolute atomic E-state index is 11.7. The largest absolute Gasteiger partial charge is 0.352 e. The topological polar surface area (TPSA) is 72.7 Å². The van der Waals surface area contributed by atoms with Crippen LogP contribution in [0.5, 0.6) is 0 Å². The quantitative estimate of drug-likeness (QED) is 0.889. The van der Waals surface area contributed by atoms with Crippen molar-refractivity contribution in [1.29, 1.82) is 0 Å². The van der Waals surface area contributed by atoms with Gasteiger partial charge in [-0.25, -0.2) is 4.68 Å². The molecule has 1 atom stereocenters. The highest BCUT2D eigenvalue weighted by Crippen LogP contribution is 2.12. The van der Waals surface area contributed by atoms with Crippen molar-refractivity contribution >= 4 is 17.5 Å². The van der Waals surface area contributed by atoms with Crippen molar-refractivity contribution in [3.8, 4) is 0 Å². The Morgan fingerprint density at radius 3 is 3.05 bits per heavy atom. The Morgan fingerprint density at radius 1 is 1.53 bits per heavy atom. The third kappa shape index (κ3) is 4.33. The highest BCUT2D eigenvalue weighted by molar-refractivity contribution is 6.30. The van der Waals surface area contributed by atoms with Gasteiger partial charge in [0.2, 0.25) is 5.91 Å². The minimum atomic E-state index is -0.123. The number of carbonyl (C=O) groups excluding carboxylic acids is 1. The van der Waals surface area contributed by atoms with Crippen LogP contribution in [-0.2, 0) is 17.8 Å². The summed E-state index contributed by atoms with van der Waals surface area (Å²) in [5, 5.41) is 14.2. The minimum absolute atomic E-state index is 0.0162. The maximum atomic E-state index is 11.7. The lowest BCUT2D eigenvalue weighted by Crippen LogP contribution is -2.36. The zero-order chi connectivity index (χ0) is 13.7. The zero-order valence-corrected chi connectivity index (χ0v) is 11.2. The number of rotatable bonds is 5. The summed E-state index contributed by atoms with van der Waals surface area (Å²) in [5.74, 6) is -0.123. The van der Waals surface area contributed by atoms with Crippen molar-refractivity contribution in [2.75, 3.05) is 0 Å². The van der Waals surface area contributed by atoms with Crippen LogP contribution in [0.1, 0.15) is 12.5 Å². The van der Waals surface area contributed by atoms with E-state index in [1.807, 2.05) is 31.2 Å². The fraction of sp³-hybridized carbons (Fsp3) is 0.333. The smallest absolute Gasteiger partial charge is 0.242 e. The van der Waals surface area contributed by atoms with Crippen LogP contribution in [0.2, 0.25) is 5.02 Å². The second-order valence-electron chi connectivity index (χ2n) is 4.31. The van der Waals surface area contributed by atoms with Crippen LogP contribution in [0, 0.1) is 0 Å². The highest BCUT2D eigenvalue weighted by atomic mass is 35.5. The molecule has 7 heteroatoms. The molecule has 0 fully saturated rings. The van der Waals surface area contributed by atoms with Crippen LogP contribution < -0.4 is 5.32 Å². The Balaban J connectivity index is 1.84. The number of halogens is 1. The lowest BCUT2D eigenvalue weighted by atomic mass is 10.1. The number of nitrogens with zero attached hydrogens (tertiary/aromatic N) is 4. The Kier molecular flexibility index (Phi) is 4.46. The molecule has 1 heterocycles. The molecule has 1 N–H and O–H groups in total. The van der Waals surface area contributed by atoms with Crippen LogP contribution >= 0.6 is 11.6 Å². The molecule has 0 aliphatic rings. The van der Waals surface area contributed by atoms with Gasteiger partial charge < -0.3 is 5.32 Å². The van der Waals surface area contributed by atoms with E-state index in [-0.39, 0.29) is 18.5 Å². The fourth-order valence-corrected chi connectivity index (χ4v) is 2.00. The van der Waals surface area contributed by atoms with Crippen molar-refractivity contribution in [3.63, 3.8) is 0 Å². The van der Waals surface area contributed by atoms with E-state index in [1.54, 1.807) is 0 Å². The molecule has 2 rings (SSSR count). The molecule has 19 heavy (non-hydrogen) atoms. The molecular formula is C12H14ClN5O. The standard InChI is InChI=1S/C12H14ClN5O/c1-9(5-10-3-2-4-11(13)6-10)15-12(19)7-18-8-14-16-17-18/h2-4,6,8-9H,5,7H2,1H3,(H,15,19). The van der Waals surface area contributed by atoms with Gasteiger partial charge in [0, 0.05) is 11.1 Å². The van der Waals surface area contributed by atoms with Gasteiger partial charge in [-0.05, 0) is 41.5 Å². The summed E-state index contributed by atoms with van der Waals surface area (Å²) in [6, 6.07) is 7.61. The Bertz CT molecular complexity index is 543. The van der Waals surface area contributed by atoms with Crippen molar-refractivity contribution < 1.29 is 4.79 Å². The van der Waals surface area contributed by atoms with Crippen molar-refractivity contribution in [3.05, 3.63) is 41.2 Å². The van der Waals surface area contributed by atoms with E-state index in [0.29, 0.717) is 5.02 Å².